The Labute approximate surface area is 162 Å². The van der Waals surface area contributed by atoms with Gasteiger partial charge < -0.3 is 9.47 Å². The topological polar surface area (TPSA) is 78.3 Å². The van der Waals surface area contributed by atoms with E-state index in [0.717, 1.165) is 16.6 Å². The number of nitrogens with zero attached hydrogens (tertiary/aromatic N) is 3. The van der Waals surface area contributed by atoms with Crippen molar-refractivity contribution in [2.75, 3.05) is 5.32 Å². The number of rotatable bonds is 3. The Balaban J connectivity index is 1.82. The van der Waals surface area contributed by atoms with Crippen molar-refractivity contribution < 1.29 is 14.3 Å². The van der Waals surface area contributed by atoms with Crippen molar-refractivity contribution in [3.8, 4) is 11.6 Å². The van der Waals surface area contributed by atoms with Crippen LogP contribution in [0, 0.1) is 6.92 Å². The number of aromatic nitrogens is 3. The van der Waals surface area contributed by atoms with Crippen LogP contribution in [-0.4, -0.2) is 26.5 Å². The van der Waals surface area contributed by atoms with Crippen LogP contribution >= 0.6 is 11.6 Å². The minimum Gasteiger partial charge on any atom is -0.444 e. The monoisotopic (exact) mass is 388 g/mol. The molecule has 1 amide bonds. The van der Waals surface area contributed by atoms with Gasteiger partial charge in [0.25, 0.3) is 0 Å². The molecule has 0 saturated carbocycles. The van der Waals surface area contributed by atoms with Crippen LogP contribution in [0.2, 0.25) is 5.02 Å². The van der Waals surface area contributed by atoms with Gasteiger partial charge in [0.2, 0.25) is 5.88 Å². The van der Waals surface area contributed by atoms with Crippen LogP contribution in [0.25, 0.3) is 10.9 Å². The predicted octanol–water partition coefficient (Wildman–Crippen LogP) is 5.07. The maximum atomic E-state index is 11.9. The molecule has 142 valence electrons. The van der Waals surface area contributed by atoms with Crippen molar-refractivity contribution in [2.24, 2.45) is 7.05 Å². The Morgan fingerprint density at radius 3 is 2.67 bits per heavy atom. The lowest BCUT2D eigenvalue weighted by molar-refractivity contribution is 0.0635. The molecule has 0 fully saturated rings. The molecule has 0 radical (unpaired) electrons. The van der Waals surface area contributed by atoms with Gasteiger partial charge in [-0.25, -0.2) is 4.79 Å². The molecule has 0 aliphatic carbocycles. The third-order valence-electron chi connectivity index (χ3n) is 3.63. The Morgan fingerprint density at radius 2 is 1.96 bits per heavy atom. The van der Waals surface area contributed by atoms with E-state index >= 15 is 0 Å². The van der Waals surface area contributed by atoms with Crippen LogP contribution in [0.15, 0.2) is 30.3 Å². The molecule has 2 heterocycles. The molecular weight excluding hydrogens is 368 g/mol. The fourth-order valence-electron chi connectivity index (χ4n) is 2.60. The number of amides is 1. The Kier molecular flexibility index (Phi) is 4.97. The van der Waals surface area contributed by atoms with Crippen LogP contribution in [0.1, 0.15) is 26.5 Å². The molecule has 27 heavy (non-hydrogen) atoms. The van der Waals surface area contributed by atoms with E-state index in [1.165, 1.54) is 6.07 Å². The summed E-state index contributed by atoms with van der Waals surface area (Å²) in [6.45, 7) is 7.30. The van der Waals surface area contributed by atoms with Crippen molar-refractivity contribution in [1.29, 1.82) is 0 Å². The molecule has 0 unspecified atom stereocenters. The third kappa shape index (κ3) is 4.68. The normalized spacial score (nSPS) is 11.5. The second kappa shape index (κ2) is 7.08. The molecule has 0 bridgehead atoms. The van der Waals surface area contributed by atoms with E-state index in [2.05, 4.69) is 15.4 Å². The SMILES string of the molecule is Cc1nn(C)c2cc(Oc3cc(Cl)cc(NC(=O)OC(C)(C)C)n3)ccc12. The Hall–Kier alpha value is -2.80. The summed E-state index contributed by atoms with van der Waals surface area (Å²) in [6.07, 6.45) is -0.616. The predicted molar refractivity (Wildman–Crippen MR) is 105 cm³/mol. The molecular formula is C19H21ClN4O3. The number of hydrogen-bond acceptors (Lipinski definition) is 5. The number of benzene rings is 1. The minimum atomic E-state index is -0.616. The molecule has 0 aliphatic rings. The highest BCUT2D eigenvalue weighted by Crippen LogP contribution is 2.28. The molecule has 2 aromatic heterocycles. The number of pyridine rings is 1. The maximum absolute atomic E-state index is 11.9. The largest absolute Gasteiger partial charge is 0.444 e. The zero-order chi connectivity index (χ0) is 19.8. The molecule has 3 aromatic rings. The summed E-state index contributed by atoms with van der Waals surface area (Å²) < 4.78 is 12.8. The van der Waals surface area contributed by atoms with Crippen molar-refractivity contribution in [2.45, 2.75) is 33.3 Å². The molecule has 3 rings (SSSR count). The minimum absolute atomic E-state index is 0.240. The molecule has 7 nitrogen and oxygen atoms in total. The summed E-state index contributed by atoms with van der Waals surface area (Å²) in [7, 11) is 1.87. The number of carbonyl (C=O) groups excluding carboxylic acids is 1. The lowest BCUT2D eigenvalue weighted by Crippen LogP contribution is -2.27. The van der Waals surface area contributed by atoms with Crippen molar-refractivity contribution in [3.63, 3.8) is 0 Å². The first kappa shape index (κ1) is 19.0. The van der Waals surface area contributed by atoms with Crippen LogP contribution in [0.3, 0.4) is 0 Å². The number of fused-ring (bicyclic) bond motifs is 1. The second-order valence-corrected chi connectivity index (χ2v) is 7.56. The van der Waals surface area contributed by atoms with E-state index < -0.39 is 11.7 Å². The van der Waals surface area contributed by atoms with Crippen LogP contribution in [0.5, 0.6) is 11.6 Å². The molecule has 1 N–H and O–H groups in total. The van der Waals surface area contributed by atoms with Crippen LogP contribution < -0.4 is 10.1 Å². The quantitative estimate of drug-likeness (QED) is 0.677. The van der Waals surface area contributed by atoms with E-state index in [4.69, 9.17) is 21.1 Å². The number of ether oxygens (including phenoxy) is 2. The summed E-state index contributed by atoms with van der Waals surface area (Å²) in [5, 5.41) is 8.38. The maximum Gasteiger partial charge on any atom is 0.413 e. The summed E-state index contributed by atoms with van der Waals surface area (Å²) in [6, 6.07) is 8.74. The van der Waals surface area contributed by atoms with Crippen molar-refractivity contribution in [3.05, 3.63) is 41.0 Å². The first-order chi connectivity index (χ1) is 12.6. The lowest BCUT2D eigenvalue weighted by atomic mass is 10.2. The van der Waals surface area contributed by atoms with Crippen molar-refractivity contribution >= 4 is 34.4 Å². The number of aryl methyl sites for hydroxylation is 2. The molecule has 0 aliphatic heterocycles. The van der Waals surface area contributed by atoms with Gasteiger partial charge >= 0.3 is 6.09 Å². The molecule has 0 spiro atoms. The number of nitrogens with one attached hydrogen (secondary N) is 1. The average Bonchev–Trinajstić information content (AvgIpc) is 2.79. The zero-order valence-electron chi connectivity index (χ0n) is 15.8. The summed E-state index contributed by atoms with van der Waals surface area (Å²) in [5.74, 6) is 1.08. The highest BCUT2D eigenvalue weighted by Gasteiger charge is 2.17. The van der Waals surface area contributed by atoms with Gasteiger partial charge in [0.05, 0.1) is 11.2 Å². The van der Waals surface area contributed by atoms with E-state index in [0.29, 0.717) is 10.8 Å². The van der Waals surface area contributed by atoms with Gasteiger partial charge in [-0.15, -0.1) is 0 Å². The van der Waals surface area contributed by atoms with Crippen molar-refractivity contribution in [1.82, 2.24) is 14.8 Å². The molecule has 0 atom stereocenters. The smallest absolute Gasteiger partial charge is 0.413 e. The van der Waals surface area contributed by atoms with Gasteiger partial charge in [0.15, 0.2) is 0 Å². The number of carbonyl (C=O) groups is 1. The Morgan fingerprint density at radius 1 is 1.22 bits per heavy atom. The van der Waals surface area contributed by atoms with E-state index in [-0.39, 0.29) is 11.7 Å². The summed E-state index contributed by atoms with van der Waals surface area (Å²) in [5.41, 5.74) is 1.28. The van der Waals surface area contributed by atoms with E-state index in [1.807, 2.05) is 32.2 Å². The highest BCUT2D eigenvalue weighted by molar-refractivity contribution is 6.31. The molecule has 0 saturated heterocycles. The Bertz CT molecular complexity index is 1010. The van der Waals surface area contributed by atoms with Crippen LogP contribution in [-0.2, 0) is 11.8 Å². The van der Waals surface area contributed by atoms with Crippen LogP contribution in [0.4, 0.5) is 10.6 Å². The average molecular weight is 389 g/mol. The van der Waals surface area contributed by atoms with Gasteiger partial charge in [-0.3, -0.25) is 10.00 Å². The van der Waals surface area contributed by atoms with Gasteiger partial charge in [-0.2, -0.15) is 10.1 Å². The standard InChI is InChI=1S/C19H21ClN4O3/c1-11-14-7-6-13(10-15(14)24(5)23-11)26-17-9-12(20)8-16(21-17)22-18(25)27-19(2,3)4/h6-10H,1-5H3,(H,21,22,25). The van der Waals surface area contributed by atoms with Gasteiger partial charge in [-0.1, -0.05) is 11.6 Å². The first-order valence-corrected chi connectivity index (χ1v) is 8.77. The van der Waals surface area contributed by atoms with Gasteiger partial charge in [0, 0.05) is 29.6 Å². The zero-order valence-corrected chi connectivity index (χ0v) is 16.6. The number of anilines is 1. The molecule has 8 heteroatoms. The fourth-order valence-corrected chi connectivity index (χ4v) is 2.80. The summed E-state index contributed by atoms with van der Waals surface area (Å²) in [4.78, 5) is 16.2. The number of halogens is 1. The second-order valence-electron chi connectivity index (χ2n) is 7.13. The summed E-state index contributed by atoms with van der Waals surface area (Å²) >= 11 is 6.13. The third-order valence-corrected chi connectivity index (χ3v) is 3.84. The number of hydrogen-bond donors (Lipinski definition) is 1. The lowest BCUT2D eigenvalue weighted by Gasteiger charge is -2.19. The van der Waals surface area contributed by atoms with Gasteiger partial charge in [0.1, 0.15) is 17.2 Å². The fraction of sp³-hybridized carbons (Fsp3) is 0.316. The van der Waals surface area contributed by atoms with E-state index in [1.54, 1.807) is 31.5 Å². The first-order valence-electron chi connectivity index (χ1n) is 8.39. The van der Waals surface area contributed by atoms with E-state index in [9.17, 15) is 4.79 Å². The molecule has 1 aromatic carbocycles. The highest BCUT2D eigenvalue weighted by atomic mass is 35.5. The van der Waals surface area contributed by atoms with Gasteiger partial charge in [-0.05, 0) is 45.9 Å².